The molecule has 2 heterocycles. The molecule has 4 rings (SSSR count). The van der Waals surface area contributed by atoms with Gasteiger partial charge in [-0.2, -0.15) is 9.64 Å². The number of ether oxygens (including phenoxy) is 2. The van der Waals surface area contributed by atoms with Crippen molar-refractivity contribution in [1.29, 1.82) is 5.26 Å². The Bertz CT molecular complexity index is 1130. The third kappa shape index (κ3) is 2.93. The maximum absolute atomic E-state index is 11.0. The Balaban J connectivity index is 1.78. The number of aliphatic hydroxyl groups is 1. The highest BCUT2D eigenvalue weighted by atomic mass is 32.1. The average molecular weight is 397 g/mol. The molecule has 0 saturated heterocycles. The topological polar surface area (TPSA) is 119 Å². The van der Waals surface area contributed by atoms with Crippen LogP contribution in [0.3, 0.4) is 0 Å². The van der Waals surface area contributed by atoms with Crippen LogP contribution in [0.1, 0.15) is 31.1 Å². The Kier molecular flexibility index (Phi) is 4.18. The molecule has 0 amide bonds. The van der Waals surface area contributed by atoms with Crippen molar-refractivity contribution in [3.05, 3.63) is 57.6 Å². The molecule has 0 radical (unpaired) electrons. The van der Waals surface area contributed by atoms with Gasteiger partial charge in [0.25, 0.3) is 5.69 Å². The van der Waals surface area contributed by atoms with E-state index in [0.717, 1.165) is 11.5 Å². The lowest BCUT2D eigenvalue weighted by Gasteiger charge is -2.41. The standard InChI is InChI=1S/C19H15N3O5S/c1-19(2)17(23)16(13-7-10(9-20)3-6-14(13)27-19)26-18-12-5-4-11(22(24)25)8-15(12)28-21-18/h3-8,16-17,23H,1-2H3/t16-,17+/m1/s1. The van der Waals surface area contributed by atoms with Gasteiger partial charge >= 0.3 is 0 Å². The zero-order valence-electron chi connectivity index (χ0n) is 14.9. The van der Waals surface area contributed by atoms with Gasteiger partial charge in [-0.15, -0.1) is 0 Å². The summed E-state index contributed by atoms with van der Waals surface area (Å²) in [7, 11) is 0. The third-order valence-electron chi connectivity index (χ3n) is 4.69. The molecule has 28 heavy (non-hydrogen) atoms. The van der Waals surface area contributed by atoms with Gasteiger partial charge in [-0.05, 0) is 49.6 Å². The van der Waals surface area contributed by atoms with E-state index in [9.17, 15) is 20.5 Å². The number of nitro benzene ring substituents is 1. The smallest absolute Gasteiger partial charge is 0.270 e. The number of nitro groups is 1. The van der Waals surface area contributed by atoms with Gasteiger partial charge in [0.1, 0.15) is 17.5 Å². The van der Waals surface area contributed by atoms with Crippen LogP contribution in [0.5, 0.6) is 11.6 Å². The van der Waals surface area contributed by atoms with Crippen LogP contribution in [0.4, 0.5) is 5.69 Å². The number of aliphatic hydroxyl groups excluding tert-OH is 1. The molecule has 0 fully saturated rings. The van der Waals surface area contributed by atoms with Gasteiger partial charge in [-0.1, -0.05) is 0 Å². The van der Waals surface area contributed by atoms with Gasteiger partial charge < -0.3 is 14.6 Å². The van der Waals surface area contributed by atoms with Gasteiger partial charge in [-0.3, -0.25) is 10.1 Å². The third-order valence-corrected chi connectivity index (χ3v) is 5.48. The molecule has 1 aromatic heterocycles. The van der Waals surface area contributed by atoms with Crippen molar-refractivity contribution in [2.75, 3.05) is 0 Å². The van der Waals surface area contributed by atoms with Crippen molar-refractivity contribution in [3.8, 4) is 17.7 Å². The number of aromatic nitrogens is 1. The SMILES string of the molecule is CC1(C)Oc2ccc(C#N)cc2[C@@H](Oc2nsc3cc([N+](=O)[O-])ccc23)[C@@H]1O. The molecule has 9 heteroatoms. The highest BCUT2D eigenvalue weighted by Gasteiger charge is 2.45. The second-order valence-electron chi connectivity index (χ2n) is 6.98. The maximum Gasteiger partial charge on any atom is 0.270 e. The Morgan fingerprint density at radius 1 is 1.36 bits per heavy atom. The number of nitrogens with zero attached hydrogens (tertiary/aromatic N) is 3. The van der Waals surface area contributed by atoms with Crippen LogP contribution in [-0.4, -0.2) is 26.1 Å². The fourth-order valence-corrected chi connectivity index (χ4v) is 3.91. The number of non-ortho nitro benzene ring substituents is 1. The molecule has 0 saturated carbocycles. The molecule has 1 aliphatic heterocycles. The molecule has 3 aromatic rings. The van der Waals surface area contributed by atoms with E-state index in [-0.39, 0.29) is 11.6 Å². The molecule has 2 atom stereocenters. The number of nitriles is 1. The first-order valence-electron chi connectivity index (χ1n) is 8.42. The summed E-state index contributed by atoms with van der Waals surface area (Å²) in [6.45, 7) is 3.50. The predicted molar refractivity (Wildman–Crippen MR) is 102 cm³/mol. The van der Waals surface area contributed by atoms with E-state index in [1.165, 1.54) is 12.1 Å². The number of hydrogen-bond acceptors (Lipinski definition) is 8. The van der Waals surface area contributed by atoms with Gasteiger partial charge in [-0.25, -0.2) is 0 Å². The molecule has 2 aromatic carbocycles. The van der Waals surface area contributed by atoms with E-state index in [4.69, 9.17) is 9.47 Å². The molecular weight excluding hydrogens is 382 g/mol. The first-order valence-corrected chi connectivity index (χ1v) is 9.19. The molecule has 0 aliphatic carbocycles. The van der Waals surface area contributed by atoms with Gasteiger partial charge in [0.15, 0.2) is 6.10 Å². The lowest BCUT2D eigenvalue weighted by molar-refractivity contribution is -0.384. The fraction of sp³-hybridized carbons (Fsp3) is 0.263. The molecule has 0 unspecified atom stereocenters. The lowest BCUT2D eigenvalue weighted by atomic mass is 9.87. The van der Waals surface area contributed by atoms with Crippen LogP contribution < -0.4 is 9.47 Å². The molecule has 8 nitrogen and oxygen atoms in total. The summed E-state index contributed by atoms with van der Waals surface area (Å²) >= 11 is 1.08. The van der Waals surface area contributed by atoms with Crippen LogP contribution in [0.2, 0.25) is 0 Å². The lowest BCUT2D eigenvalue weighted by Crippen LogP contribution is -2.50. The van der Waals surface area contributed by atoms with E-state index in [1.54, 1.807) is 38.1 Å². The molecule has 0 spiro atoms. The van der Waals surface area contributed by atoms with Crippen LogP contribution in [-0.2, 0) is 0 Å². The van der Waals surface area contributed by atoms with Gasteiger partial charge in [0, 0.05) is 17.7 Å². The van der Waals surface area contributed by atoms with Crippen molar-refractivity contribution >= 4 is 27.3 Å². The summed E-state index contributed by atoms with van der Waals surface area (Å²) in [4.78, 5) is 10.5. The van der Waals surface area contributed by atoms with E-state index >= 15 is 0 Å². The van der Waals surface area contributed by atoms with Crippen molar-refractivity contribution in [2.24, 2.45) is 0 Å². The van der Waals surface area contributed by atoms with Crippen LogP contribution >= 0.6 is 11.5 Å². The molecule has 0 bridgehead atoms. The second kappa shape index (κ2) is 6.44. The predicted octanol–water partition coefficient (Wildman–Crippen LogP) is 3.73. The normalized spacial score (nSPS) is 20.1. The minimum absolute atomic E-state index is 0.0288. The minimum atomic E-state index is -1.02. The monoisotopic (exact) mass is 397 g/mol. The molecule has 1 N–H and O–H groups in total. The zero-order chi connectivity index (χ0) is 20.1. The first-order chi connectivity index (χ1) is 13.3. The molecule has 142 valence electrons. The highest BCUT2D eigenvalue weighted by Crippen LogP contribution is 2.44. The summed E-state index contributed by atoms with van der Waals surface area (Å²) in [5.41, 5.74) is 0.0191. The average Bonchev–Trinajstić information content (AvgIpc) is 3.07. The van der Waals surface area contributed by atoms with E-state index in [0.29, 0.717) is 27.0 Å². The number of fused-ring (bicyclic) bond motifs is 2. The number of hydrogen-bond donors (Lipinski definition) is 1. The Morgan fingerprint density at radius 2 is 2.14 bits per heavy atom. The fourth-order valence-electron chi connectivity index (χ4n) is 3.16. The Morgan fingerprint density at radius 3 is 2.86 bits per heavy atom. The molecule has 1 aliphatic rings. The maximum atomic E-state index is 11.0. The highest BCUT2D eigenvalue weighted by molar-refractivity contribution is 7.13. The van der Waals surface area contributed by atoms with Gasteiger partial charge in [0.05, 0.1) is 26.6 Å². The number of rotatable bonds is 3. The summed E-state index contributed by atoms with van der Waals surface area (Å²) < 4.78 is 16.8. The summed E-state index contributed by atoms with van der Waals surface area (Å²) in [5, 5.41) is 31.6. The summed E-state index contributed by atoms with van der Waals surface area (Å²) in [6.07, 6.45) is -1.84. The van der Waals surface area contributed by atoms with Crippen molar-refractivity contribution < 1.29 is 19.5 Å². The van der Waals surface area contributed by atoms with E-state index in [2.05, 4.69) is 10.4 Å². The summed E-state index contributed by atoms with van der Waals surface area (Å²) in [5.74, 6) is 0.791. The summed E-state index contributed by atoms with van der Waals surface area (Å²) in [6, 6.07) is 11.4. The number of benzene rings is 2. The first kappa shape index (κ1) is 18.2. The van der Waals surface area contributed by atoms with Crippen molar-refractivity contribution in [2.45, 2.75) is 31.7 Å². The van der Waals surface area contributed by atoms with E-state index in [1.807, 2.05) is 0 Å². The van der Waals surface area contributed by atoms with Crippen LogP contribution in [0, 0.1) is 21.4 Å². The Hall–Kier alpha value is -3.22. The van der Waals surface area contributed by atoms with Crippen molar-refractivity contribution in [1.82, 2.24) is 4.37 Å². The van der Waals surface area contributed by atoms with Crippen LogP contribution in [0.15, 0.2) is 36.4 Å². The largest absolute Gasteiger partial charge is 0.485 e. The minimum Gasteiger partial charge on any atom is -0.485 e. The molecular formula is C19H15N3O5S. The van der Waals surface area contributed by atoms with Crippen molar-refractivity contribution in [3.63, 3.8) is 0 Å². The quantitative estimate of drug-likeness (QED) is 0.528. The van der Waals surface area contributed by atoms with Crippen LogP contribution in [0.25, 0.3) is 10.1 Å². The zero-order valence-corrected chi connectivity index (χ0v) is 15.8. The Labute approximate surface area is 163 Å². The van der Waals surface area contributed by atoms with Gasteiger partial charge in [0.2, 0.25) is 5.88 Å². The second-order valence-corrected chi connectivity index (χ2v) is 7.78. The van der Waals surface area contributed by atoms with E-state index < -0.39 is 22.7 Å².